The number of nitrogens with one attached hydrogen (secondary N) is 3. The zero-order valence-electron chi connectivity index (χ0n) is 16.1. The first-order chi connectivity index (χ1) is 14.1. The largest absolute Gasteiger partial charge is 0.345 e. The van der Waals surface area contributed by atoms with Gasteiger partial charge in [-0.15, -0.1) is 0 Å². The molecule has 0 aliphatic heterocycles. The van der Waals surface area contributed by atoms with Crippen LogP contribution in [0.5, 0.6) is 0 Å². The Kier molecular flexibility index (Phi) is 6.58. The van der Waals surface area contributed by atoms with E-state index in [-0.39, 0.29) is 23.4 Å². The topological polar surface area (TPSA) is 91.1 Å². The maximum atomic E-state index is 12.7. The summed E-state index contributed by atoms with van der Waals surface area (Å²) in [7, 11) is 0. The predicted octanol–water partition coefficient (Wildman–Crippen LogP) is 3.90. The summed E-state index contributed by atoms with van der Waals surface area (Å²) in [5.74, 6) is -0.503. The van der Waals surface area contributed by atoms with Crippen molar-refractivity contribution in [2.24, 2.45) is 0 Å². The van der Waals surface area contributed by atoms with Gasteiger partial charge in [0.05, 0.1) is 11.6 Å². The van der Waals surface area contributed by atoms with Gasteiger partial charge in [0.15, 0.2) is 0 Å². The first-order valence-corrected chi connectivity index (χ1v) is 9.53. The lowest BCUT2D eigenvalue weighted by Gasteiger charge is -2.19. The van der Waals surface area contributed by atoms with E-state index in [1.807, 2.05) is 30.3 Å². The van der Waals surface area contributed by atoms with E-state index < -0.39 is 0 Å². The maximum absolute atomic E-state index is 12.7. The minimum atomic E-state index is -0.342. The van der Waals surface area contributed by atoms with Gasteiger partial charge >= 0.3 is 0 Å². The molecule has 0 bridgehead atoms. The summed E-state index contributed by atoms with van der Waals surface area (Å²) in [6.45, 7) is 2.09. The third kappa shape index (κ3) is 5.42. The van der Waals surface area contributed by atoms with E-state index in [0.717, 1.165) is 18.4 Å². The SMILES string of the molecule is CCC[C@H](NC(=O)c1ccc(NC(=O)c2ccc(=O)[nH]c2)cc1)c1ccccc1. The smallest absolute Gasteiger partial charge is 0.257 e. The number of carbonyl (C=O) groups excluding carboxylic acids is 2. The summed E-state index contributed by atoms with van der Waals surface area (Å²) in [5.41, 5.74) is 2.23. The van der Waals surface area contributed by atoms with Gasteiger partial charge in [-0.3, -0.25) is 14.4 Å². The van der Waals surface area contributed by atoms with Crippen LogP contribution in [0.4, 0.5) is 5.69 Å². The van der Waals surface area contributed by atoms with Gasteiger partial charge in [-0.25, -0.2) is 0 Å². The molecular formula is C23H23N3O3. The minimum Gasteiger partial charge on any atom is -0.345 e. The van der Waals surface area contributed by atoms with Crippen molar-refractivity contribution in [1.82, 2.24) is 10.3 Å². The molecule has 0 aliphatic rings. The fourth-order valence-corrected chi connectivity index (χ4v) is 3.00. The first kappa shape index (κ1) is 20.1. The lowest BCUT2D eigenvalue weighted by atomic mass is 10.0. The van der Waals surface area contributed by atoms with E-state index in [1.54, 1.807) is 24.3 Å². The van der Waals surface area contributed by atoms with Crippen LogP contribution < -0.4 is 16.2 Å². The molecule has 3 rings (SSSR count). The van der Waals surface area contributed by atoms with Crippen molar-refractivity contribution in [3.8, 4) is 0 Å². The number of anilines is 1. The van der Waals surface area contributed by atoms with Crippen molar-refractivity contribution in [2.75, 3.05) is 5.32 Å². The Morgan fingerprint density at radius 2 is 1.59 bits per heavy atom. The van der Waals surface area contributed by atoms with Crippen LogP contribution in [-0.2, 0) is 0 Å². The summed E-state index contributed by atoms with van der Waals surface area (Å²) < 4.78 is 0. The standard InChI is InChI=1S/C23H23N3O3/c1-2-6-20(16-7-4-3-5-8-16)26-22(28)17-9-12-19(13-10-17)25-23(29)18-11-14-21(27)24-15-18/h3-5,7-15,20H,2,6H2,1H3,(H,24,27)(H,25,29)(H,26,28)/t20-/m0/s1. The summed E-state index contributed by atoms with van der Waals surface area (Å²) in [5, 5.41) is 5.82. The van der Waals surface area contributed by atoms with Gasteiger partial charge in [-0.1, -0.05) is 43.7 Å². The van der Waals surface area contributed by atoms with Crippen molar-refractivity contribution in [1.29, 1.82) is 0 Å². The quantitative estimate of drug-likeness (QED) is 0.572. The summed E-state index contributed by atoms with van der Waals surface area (Å²) in [6, 6.07) is 19.3. The number of benzene rings is 2. The van der Waals surface area contributed by atoms with Gasteiger partial charge in [0.1, 0.15) is 0 Å². The second-order valence-electron chi connectivity index (χ2n) is 6.70. The number of hydrogen-bond acceptors (Lipinski definition) is 3. The molecule has 6 nitrogen and oxygen atoms in total. The van der Waals surface area contributed by atoms with Gasteiger partial charge in [-0.2, -0.15) is 0 Å². The Morgan fingerprint density at radius 3 is 2.21 bits per heavy atom. The lowest BCUT2D eigenvalue weighted by molar-refractivity contribution is 0.0934. The van der Waals surface area contributed by atoms with Crippen LogP contribution in [0.3, 0.4) is 0 Å². The third-order valence-corrected chi connectivity index (χ3v) is 4.54. The molecule has 2 aromatic carbocycles. The lowest BCUT2D eigenvalue weighted by Crippen LogP contribution is -2.28. The third-order valence-electron chi connectivity index (χ3n) is 4.54. The van der Waals surface area contributed by atoms with Crippen LogP contribution in [0.1, 0.15) is 52.1 Å². The van der Waals surface area contributed by atoms with Crippen LogP contribution in [0.25, 0.3) is 0 Å². The fraction of sp³-hybridized carbons (Fsp3) is 0.174. The number of aromatic nitrogens is 1. The number of H-pyrrole nitrogens is 1. The molecule has 0 saturated heterocycles. The maximum Gasteiger partial charge on any atom is 0.257 e. The highest BCUT2D eigenvalue weighted by Gasteiger charge is 2.15. The fourth-order valence-electron chi connectivity index (χ4n) is 3.00. The highest BCUT2D eigenvalue weighted by atomic mass is 16.2. The van der Waals surface area contributed by atoms with E-state index in [1.165, 1.54) is 18.3 Å². The van der Waals surface area contributed by atoms with Crippen LogP contribution in [-0.4, -0.2) is 16.8 Å². The number of amides is 2. The molecule has 0 unspecified atom stereocenters. The second-order valence-corrected chi connectivity index (χ2v) is 6.70. The van der Waals surface area contributed by atoms with E-state index in [0.29, 0.717) is 16.8 Å². The molecule has 148 valence electrons. The Hall–Kier alpha value is -3.67. The Labute approximate surface area is 169 Å². The van der Waals surface area contributed by atoms with Crippen molar-refractivity contribution >= 4 is 17.5 Å². The number of rotatable bonds is 7. The van der Waals surface area contributed by atoms with Crippen LogP contribution >= 0.6 is 0 Å². The molecular weight excluding hydrogens is 366 g/mol. The molecule has 0 saturated carbocycles. The second kappa shape index (κ2) is 9.50. The summed E-state index contributed by atoms with van der Waals surface area (Å²) in [6.07, 6.45) is 3.16. The van der Waals surface area contributed by atoms with Gasteiger partial charge in [-0.05, 0) is 42.3 Å². The van der Waals surface area contributed by atoms with Gasteiger partial charge in [0.25, 0.3) is 11.8 Å². The molecule has 1 heterocycles. The van der Waals surface area contributed by atoms with E-state index >= 15 is 0 Å². The predicted molar refractivity (Wildman–Crippen MR) is 113 cm³/mol. The summed E-state index contributed by atoms with van der Waals surface area (Å²) in [4.78, 5) is 38.4. The highest BCUT2D eigenvalue weighted by Crippen LogP contribution is 2.19. The molecule has 1 atom stereocenters. The molecule has 6 heteroatoms. The van der Waals surface area contributed by atoms with Crippen molar-refractivity contribution < 1.29 is 9.59 Å². The molecule has 0 aliphatic carbocycles. The molecule has 29 heavy (non-hydrogen) atoms. The van der Waals surface area contributed by atoms with E-state index in [9.17, 15) is 14.4 Å². The van der Waals surface area contributed by atoms with Crippen molar-refractivity contribution in [3.63, 3.8) is 0 Å². The van der Waals surface area contributed by atoms with E-state index in [4.69, 9.17) is 0 Å². The van der Waals surface area contributed by atoms with Gasteiger partial charge < -0.3 is 15.6 Å². The molecule has 3 aromatic rings. The molecule has 1 aromatic heterocycles. The number of pyridine rings is 1. The molecule has 0 fully saturated rings. The molecule has 0 radical (unpaired) electrons. The van der Waals surface area contributed by atoms with Crippen molar-refractivity contribution in [3.05, 3.63) is 100.0 Å². The summed E-state index contributed by atoms with van der Waals surface area (Å²) >= 11 is 0. The zero-order valence-corrected chi connectivity index (χ0v) is 16.1. The van der Waals surface area contributed by atoms with Crippen molar-refractivity contribution in [2.45, 2.75) is 25.8 Å². The Balaban J connectivity index is 1.65. The first-order valence-electron chi connectivity index (χ1n) is 9.53. The van der Waals surface area contributed by atoms with Gasteiger partial charge in [0.2, 0.25) is 5.56 Å². The monoisotopic (exact) mass is 389 g/mol. The van der Waals surface area contributed by atoms with Crippen LogP contribution in [0, 0.1) is 0 Å². The van der Waals surface area contributed by atoms with Gasteiger partial charge in [0, 0.05) is 23.5 Å². The highest BCUT2D eigenvalue weighted by molar-refractivity contribution is 6.04. The Bertz CT molecular complexity index is 1010. The molecule has 3 N–H and O–H groups in total. The zero-order chi connectivity index (χ0) is 20.6. The Morgan fingerprint density at radius 1 is 0.897 bits per heavy atom. The van der Waals surface area contributed by atoms with Crippen LogP contribution in [0.2, 0.25) is 0 Å². The van der Waals surface area contributed by atoms with Crippen LogP contribution in [0.15, 0.2) is 77.7 Å². The average Bonchev–Trinajstić information content (AvgIpc) is 2.75. The van der Waals surface area contributed by atoms with E-state index in [2.05, 4.69) is 22.5 Å². The molecule has 0 spiro atoms. The normalized spacial score (nSPS) is 11.5. The molecule has 2 amide bonds. The minimum absolute atomic E-state index is 0.0479. The average molecular weight is 389 g/mol. The number of hydrogen-bond donors (Lipinski definition) is 3. The number of aromatic amines is 1. The number of carbonyl (C=O) groups is 2.